The van der Waals surface area contributed by atoms with Crippen LogP contribution in [0.4, 0.5) is 0 Å². The van der Waals surface area contributed by atoms with Crippen molar-refractivity contribution in [2.24, 2.45) is 0 Å². The summed E-state index contributed by atoms with van der Waals surface area (Å²) in [4.78, 5) is 13.6. The van der Waals surface area contributed by atoms with Crippen molar-refractivity contribution in [3.8, 4) is 0 Å². The molecule has 1 fully saturated rings. The Balaban J connectivity index is 1.92. The van der Waals surface area contributed by atoms with E-state index in [1.165, 1.54) is 18.4 Å². The maximum absolute atomic E-state index is 11.2. The van der Waals surface area contributed by atoms with Crippen molar-refractivity contribution in [1.29, 1.82) is 0 Å². The highest BCUT2D eigenvalue weighted by Gasteiger charge is 2.18. The second-order valence-corrected chi connectivity index (χ2v) is 5.11. The summed E-state index contributed by atoms with van der Waals surface area (Å²) in [5, 5.41) is 3.06. The lowest BCUT2D eigenvalue weighted by atomic mass is 10.1. The molecular formula is C15H22N2O. The molecule has 1 amide bonds. The van der Waals surface area contributed by atoms with E-state index in [0.29, 0.717) is 6.04 Å². The molecule has 0 bridgehead atoms. The highest BCUT2D eigenvalue weighted by atomic mass is 16.1. The Morgan fingerprint density at radius 2 is 2.11 bits per heavy atom. The van der Waals surface area contributed by atoms with Crippen LogP contribution in [-0.2, 0) is 11.3 Å². The van der Waals surface area contributed by atoms with E-state index in [9.17, 15) is 4.79 Å². The number of hydrogen-bond donors (Lipinski definition) is 1. The van der Waals surface area contributed by atoms with Gasteiger partial charge in [0, 0.05) is 26.1 Å². The highest BCUT2D eigenvalue weighted by Crippen LogP contribution is 2.13. The molecule has 1 atom stereocenters. The maximum Gasteiger partial charge on any atom is 0.217 e. The topological polar surface area (TPSA) is 32.3 Å². The van der Waals surface area contributed by atoms with Gasteiger partial charge in [-0.25, -0.2) is 0 Å². The smallest absolute Gasteiger partial charge is 0.217 e. The molecule has 0 radical (unpaired) electrons. The zero-order valence-electron chi connectivity index (χ0n) is 11.1. The van der Waals surface area contributed by atoms with E-state index >= 15 is 0 Å². The van der Waals surface area contributed by atoms with Gasteiger partial charge in [-0.05, 0) is 24.9 Å². The summed E-state index contributed by atoms with van der Waals surface area (Å²) >= 11 is 0. The zero-order chi connectivity index (χ0) is 12.8. The van der Waals surface area contributed by atoms with Gasteiger partial charge in [0.2, 0.25) is 5.91 Å². The van der Waals surface area contributed by atoms with Crippen LogP contribution in [0, 0.1) is 0 Å². The molecule has 1 aromatic carbocycles. The number of carbonyl (C=O) groups excluding carboxylic acids is 1. The maximum atomic E-state index is 11.2. The molecule has 1 heterocycles. The monoisotopic (exact) mass is 246 g/mol. The fourth-order valence-corrected chi connectivity index (χ4v) is 2.61. The Labute approximate surface area is 109 Å². The van der Waals surface area contributed by atoms with Crippen LogP contribution in [0.25, 0.3) is 0 Å². The van der Waals surface area contributed by atoms with Crippen LogP contribution in [0.5, 0.6) is 0 Å². The molecule has 18 heavy (non-hydrogen) atoms. The largest absolute Gasteiger partial charge is 0.352 e. The number of rotatable bonds is 3. The Bertz CT molecular complexity index is 377. The first kappa shape index (κ1) is 13.1. The molecular weight excluding hydrogens is 224 g/mol. The summed E-state index contributed by atoms with van der Waals surface area (Å²) in [6, 6.07) is 10.9. The van der Waals surface area contributed by atoms with Gasteiger partial charge in [-0.15, -0.1) is 0 Å². The first-order valence-electron chi connectivity index (χ1n) is 6.77. The van der Waals surface area contributed by atoms with Crippen molar-refractivity contribution >= 4 is 5.91 Å². The van der Waals surface area contributed by atoms with Gasteiger partial charge in [0.1, 0.15) is 0 Å². The van der Waals surface area contributed by atoms with E-state index in [0.717, 1.165) is 26.1 Å². The molecule has 0 aliphatic carbocycles. The van der Waals surface area contributed by atoms with E-state index in [-0.39, 0.29) is 5.91 Å². The molecule has 1 aliphatic heterocycles. The summed E-state index contributed by atoms with van der Waals surface area (Å²) in [7, 11) is 0. The molecule has 3 nitrogen and oxygen atoms in total. The van der Waals surface area contributed by atoms with Crippen molar-refractivity contribution in [1.82, 2.24) is 10.2 Å². The number of nitrogens with one attached hydrogen (secondary N) is 1. The molecule has 1 N–H and O–H groups in total. The van der Waals surface area contributed by atoms with Gasteiger partial charge in [-0.1, -0.05) is 36.8 Å². The van der Waals surface area contributed by atoms with Crippen LogP contribution in [0.2, 0.25) is 0 Å². The van der Waals surface area contributed by atoms with Crippen LogP contribution in [-0.4, -0.2) is 29.9 Å². The van der Waals surface area contributed by atoms with Crippen molar-refractivity contribution in [3.05, 3.63) is 35.9 Å². The van der Waals surface area contributed by atoms with Crippen LogP contribution < -0.4 is 5.32 Å². The van der Waals surface area contributed by atoms with E-state index in [1.54, 1.807) is 6.92 Å². The van der Waals surface area contributed by atoms with Crippen LogP contribution in [0.1, 0.15) is 31.7 Å². The van der Waals surface area contributed by atoms with Crippen LogP contribution in [0.3, 0.4) is 0 Å². The first-order chi connectivity index (χ1) is 8.74. The van der Waals surface area contributed by atoms with Crippen molar-refractivity contribution < 1.29 is 4.79 Å². The minimum absolute atomic E-state index is 0.0848. The Kier molecular flexibility index (Phi) is 4.76. The number of nitrogens with zero attached hydrogens (tertiary/aromatic N) is 1. The van der Waals surface area contributed by atoms with Crippen molar-refractivity contribution in [2.45, 2.75) is 38.8 Å². The molecule has 1 aliphatic rings. The minimum Gasteiger partial charge on any atom is -0.352 e. The van der Waals surface area contributed by atoms with Gasteiger partial charge in [-0.3, -0.25) is 9.69 Å². The van der Waals surface area contributed by atoms with Crippen molar-refractivity contribution in [2.75, 3.05) is 13.1 Å². The minimum atomic E-state index is 0.0848. The summed E-state index contributed by atoms with van der Waals surface area (Å²) < 4.78 is 0. The predicted octanol–water partition coefficient (Wildman–Crippen LogP) is 2.18. The molecule has 0 spiro atoms. The van der Waals surface area contributed by atoms with Gasteiger partial charge < -0.3 is 5.32 Å². The third-order valence-corrected chi connectivity index (χ3v) is 3.41. The summed E-state index contributed by atoms with van der Waals surface area (Å²) in [6.45, 7) is 4.68. The van der Waals surface area contributed by atoms with Gasteiger partial charge in [0.25, 0.3) is 0 Å². The molecule has 3 heteroatoms. The SMILES string of the molecule is CC(=O)NC1CCCCN(Cc2ccccc2)C1. The van der Waals surface area contributed by atoms with Crippen LogP contribution in [0.15, 0.2) is 30.3 Å². The van der Waals surface area contributed by atoms with E-state index < -0.39 is 0 Å². The summed E-state index contributed by atoms with van der Waals surface area (Å²) in [5.41, 5.74) is 1.35. The molecule has 1 aromatic rings. The average molecular weight is 246 g/mol. The quantitative estimate of drug-likeness (QED) is 0.886. The lowest BCUT2D eigenvalue weighted by Gasteiger charge is -2.24. The van der Waals surface area contributed by atoms with Gasteiger partial charge in [-0.2, -0.15) is 0 Å². The van der Waals surface area contributed by atoms with E-state index in [4.69, 9.17) is 0 Å². The molecule has 98 valence electrons. The average Bonchev–Trinajstić information content (AvgIpc) is 2.55. The molecule has 0 aromatic heterocycles. The summed E-state index contributed by atoms with van der Waals surface area (Å²) in [5.74, 6) is 0.0848. The second-order valence-electron chi connectivity index (χ2n) is 5.11. The van der Waals surface area contributed by atoms with E-state index in [1.807, 2.05) is 6.07 Å². The van der Waals surface area contributed by atoms with Gasteiger partial charge >= 0.3 is 0 Å². The normalized spacial score (nSPS) is 21.3. The summed E-state index contributed by atoms with van der Waals surface area (Å²) in [6.07, 6.45) is 3.53. The second kappa shape index (κ2) is 6.55. The number of likely N-dealkylation sites (tertiary alicyclic amines) is 1. The van der Waals surface area contributed by atoms with Crippen LogP contribution >= 0.6 is 0 Å². The Hall–Kier alpha value is -1.35. The Morgan fingerprint density at radius 3 is 2.83 bits per heavy atom. The van der Waals surface area contributed by atoms with Crippen molar-refractivity contribution in [3.63, 3.8) is 0 Å². The lowest BCUT2D eigenvalue weighted by molar-refractivity contribution is -0.119. The molecule has 1 unspecified atom stereocenters. The number of hydrogen-bond acceptors (Lipinski definition) is 2. The lowest BCUT2D eigenvalue weighted by Crippen LogP contribution is -2.41. The van der Waals surface area contributed by atoms with Gasteiger partial charge in [0.05, 0.1) is 0 Å². The van der Waals surface area contributed by atoms with Gasteiger partial charge in [0.15, 0.2) is 0 Å². The number of benzene rings is 1. The number of amides is 1. The fraction of sp³-hybridized carbons (Fsp3) is 0.533. The molecule has 0 saturated carbocycles. The number of carbonyl (C=O) groups is 1. The first-order valence-corrected chi connectivity index (χ1v) is 6.77. The predicted molar refractivity (Wildman–Crippen MR) is 73.2 cm³/mol. The molecule has 1 saturated heterocycles. The Morgan fingerprint density at radius 1 is 1.33 bits per heavy atom. The molecule has 2 rings (SSSR count). The van der Waals surface area contributed by atoms with E-state index in [2.05, 4.69) is 34.5 Å². The fourth-order valence-electron chi connectivity index (χ4n) is 2.61. The highest BCUT2D eigenvalue weighted by molar-refractivity contribution is 5.73. The third kappa shape index (κ3) is 4.15. The third-order valence-electron chi connectivity index (χ3n) is 3.41. The zero-order valence-corrected chi connectivity index (χ0v) is 11.1. The standard InChI is InChI=1S/C15H22N2O/c1-13(18)16-15-9-5-6-10-17(12-15)11-14-7-3-2-4-8-14/h2-4,7-8,15H,5-6,9-12H2,1H3,(H,16,18).